The van der Waals surface area contributed by atoms with Gasteiger partial charge in [-0.05, 0) is 6.92 Å². The summed E-state index contributed by atoms with van der Waals surface area (Å²) in [6.45, 7) is 1.62. The van der Waals surface area contributed by atoms with E-state index in [-0.39, 0.29) is 34.6 Å². The Hall–Kier alpha value is -3.03. The lowest BCUT2D eigenvalue weighted by Gasteiger charge is -2.22. The van der Waals surface area contributed by atoms with Crippen molar-refractivity contribution in [3.63, 3.8) is 0 Å². The molecule has 1 heterocycles. The first-order chi connectivity index (χ1) is 12.8. The molecule has 0 bridgehead atoms. The Labute approximate surface area is 154 Å². The lowest BCUT2D eigenvalue weighted by molar-refractivity contribution is 0.0173. The Bertz CT molecular complexity index is 937. The van der Waals surface area contributed by atoms with Crippen LogP contribution in [0, 0.1) is 0 Å². The minimum absolute atomic E-state index is 0.00418. The zero-order valence-electron chi connectivity index (χ0n) is 14.8. The van der Waals surface area contributed by atoms with E-state index in [4.69, 9.17) is 9.15 Å². The number of carbonyl (C=O) groups is 3. The second-order valence-electron chi connectivity index (χ2n) is 6.21. The van der Waals surface area contributed by atoms with Gasteiger partial charge in [0.2, 0.25) is 5.78 Å². The van der Waals surface area contributed by atoms with Crippen LogP contribution in [0.25, 0.3) is 6.08 Å². The molecule has 2 aromatic rings. The third-order valence-electron chi connectivity index (χ3n) is 4.43. The van der Waals surface area contributed by atoms with E-state index in [1.165, 1.54) is 25.3 Å². The largest absolute Gasteiger partial charge is 0.501 e. The molecule has 140 valence electrons. The number of aliphatic hydroxyl groups is 2. The molecule has 0 saturated carbocycles. The maximum Gasteiger partial charge on any atom is 0.268 e. The van der Waals surface area contributed by atoms with Crippen molar-refractivity contribution in [1.82, 2.24) is 0 Å². The number of allylic oxidation sites excluding steroid dienone is 1. The van der Waals surface area contributed by atoms with Crippen molar-refractivity contribution < 1.29 is 33.8 Å². The number of hydrogen-bond acceptors (Lipinski definition) is 7. The number of ether oxygens (including phenoxy) is 1. The van der Waals surface area contributed by atoms with Crippen LogP contribution in [-0.2, 0) is 11.2 Å². The topological polar surface area (TPSA) is 114 Å². The van der Waals surface area contributed by atoms with Gasteiger partial charge >= 0.3 is 0 Å². The van der Waals surface area contributed by atoms with Crippen molar-refractivity contribution >= 4 is 23.4 Å². The SMILES string of the molecule is COC(C)=Cc1oc(C(=O)C(=O)c2ccccc2)c2c1C(=O)C(O)C(O)C2. The number of ketones is 3. The number of Topliss-reactive ketones (excluding diaryl/α,β-unsaturated/α-hetero) is 3. The summed E-state index contributed by atoms with van der Waals surface area (Å²) >= 11 is 0. The summed E-state index contributed by atoms with van der Waals surface area (Å²) in [6, 6.07) is 7.95. The number of carbonyl (C=O) groups excluding carboxylic acids is 3. The monoisotopic (exact) mass is 370 g/mol. The number of benzene rings is 1. The predicted octanol–water partition coefficient (Wildman–Crippen LogP) is 1.81. The molecule has 2 N–H and O–H groups in total. The van der Waals surface area contributed by atoms with Gasteiger partial charge in [-0.15, -0.1) is 0 Å². The summed E-state index contributed by atoms with van der Waals surface area (Å²) in [7, 11) is 1.42. The molecule has 0 fully saturated rings. The molecule has 2 unspecified atom stereocenters. The zero-order valence-corrected chi connectivity index (χ0v) is 14.8. The number of fused-ring (bicyclic) bond motifs is 1. The van der Waals surface area contributed by atoms with Gasteiger partial charge in [-0.2, -0.15) is 0 Å². The highest BCUT2D eigenvalue weighted by molar-refractivity contribution is 6.49. The number of methoxy groups -OCH3 is 1. The van der Waals surface area contributed by atoms with Crippen LogP contribution in [0.3, 0.4) is 0 Å². The van der Waals surface area contributed by atoms with Crippen LogP contribution < -0.4 is 0 Å². The van der Waals surface area contributed by atoms with Crippen molar-refractivity contribution in [2.24, 2.45) is 0 Å². The second-order valence-corrected chi connectivity index (χ2v) is 6.21. The summed E-state index contributed by atoms with van der Waals surface area (Å²) in [5.41, 5.74) is 0.274. The molecule has 3 rings (SSSR count). The van der Waals surface area contributed by atoms with E-state index in [9.17, 15) is 24.6 Å². The molecule has 7 heteroatoms. The van der Waals surface area contributed by atoms with Gasteiger partial charge in [-0.3, -0.25) is 14.4 Å². The van der Waals surface area contributed by atoms with Crippen LogP contribution >= 0.6 is 0 Å². The molecule has 1 aromatic carbocycles. The van der Waals surface area contributed by atoms with Crippen LogP contribution in [0.2, 0.25) is 0 Å². The van der Waals surface area contributed by atoms with Crippen molar-refractivity contribution in [2.75, 3.05) is 7.11 Å². The molecule has 1 aliphatic rings. The number of furan rings is 1. The van der Waals surface area contributed by atoms with E-state index in [1.807, 2.05) is 0 Å². The first-order valence-electron chi connectivity index (χ1n) is 8.27. The van der Waals surface area contributed by atoms with Crippen molar-refractivity contribution in [1.29, 1.82) is 0 Å². The van der Waals surface area contributed by atoms with Crippen LogP contribution in [0.15, 0.2) is 40.5 Å². The summed E-state index contributed by atoms with van der Waals surface area (Å²) in [5.74, 6) is -2.40. The van der Waals surface area contributed by atoms with Gasteiger partial charge < -0.3 is 19.4 Å². The maximum atomic E-state index is 12.7. The normalized spacial score (nSPS) is 19.6. The molecule has 0 radical (unpaired) electrons. The summed E-state index contributed by atoms with van der Waals surface area (Å²) in [4.78, 5) is 37.7. The Balaban J connectivity index is 2.13. The molecular weight excluding hydrogens is 352 g/mol. The Kier molecular flexibility index (Phi) is 5.07. The smallest absolute Gasteiger partial charge is 0.268 e. The summed E-state index contributed by atoms with van der Waals surface area (Å²) in [6.07, 6.45) is -1.81. The molecule has 0 aliphatic heterocycles. The number of rotatable bonds is 5. The molecule has 0 amide bonds. The Morgan fingerprint density at radius 3 is 2.48 bits per heavy atom. The minimum Gasteiger partial charge on any atom is -0.501 e. The maximum absolute atomic E-state index is 12.7. The predicted molar refractivity (Wildman–Crippen MR) is 94.5 cm³/mol. The van der Waals surface area contributed by atoms with Crippen LogP contribution in [0.4, 0.5) is 0 Å². The van der Waals surface area contributed by atoms with Gasteiger partial charge in [-0.1, -0.05) is 30.3 Å². The highest BCUT2D eigenvalue weighted by Gasteiger charge is 2.41. The first-order valence-corrected chi connectivity index (χ1v) is 8.27. The van der Waals surface area contributed by atoms with Crippen molar-refractivity contribution in [3.8, 4) is 0 Å². The van der Waals surface area contributed by atoms with E-state index in [2.05, 4.69) is 0 Å². The fourth-order valence-corrected chi connectivity index (χ4v) is 2.95. The van der Waals surface area contributed by atoms with Gasteiger partial charge in [0.1, 0.15) is 11.9 Å². The van der Waals surface area contributed by atoms with Gasteiger partial charge in [0.15, 0.2) is 11.5 Å². The third-order valence-corrected chi connectivity index (χ3v) is 4.43. The highest BCUT2D eigenvalue weighted by Crippen LogP contribution is 2.33. The first kappa shape index (κ1) is 18.8. The molecule has 0 saturated heterocycles. The van der Waals surface area contributed by atoms with Crippen LogP contribution in [0.1, 0.15) is 49.5 Å². The molecule has 0 spiro atoms. The minimum atomic E-state index is -1.63. The van der Waals surface area contributed by atoms with E-state index in [1.54, 1.807) is 25.1 Å². The second kappa shape index (κ2) is 7.30. The molecule has 1 aromatic heterocycles. The quantitative estimate of drug-likeness (QED) is 0.469. The fraction of sp³-hybridized carbons (Fsp3) is 0.250. The summed E-state index contributed by atoms with van der Waals surface area (Å²) < 4.78 is 10.6. The van der Waals surface area contributed by atoms with Gasteiger partial charge in [0.05, 0.1) is 24.5 Å². The van der Waals surface area contributed by atoms with Crippen LogP contribution in [-0.4, -0.2) is 46.9 Å². The number of aliphatic hydroxyl groups excluding tert-OH is 2. The van der Waals surface area contributed by atoms with Crippen LogP contribution in [0.5, 0.6) is 0 Å². The lowest BCUT2D eigenvalue weighted by Crippen LogP contribution is -2.40. The molecule has 2 atom stereocenters. The Morgan fingerprint density at radius 1 is 1.19 bits per heavy atom. The van der Waals surface area contributed by atoms with Gasteiger partial charge in [0, 0.05) is 23.6 Å². The average molecular weight is 370 g/mol. The van der Waals surface area contributed by atoms with E-state index in [0.29, 0.717) is 5.76 Å². The summed E-state index contributed by atoms with van der Waals surface area (Å²) in [5, 5.41) is 19.8. The number of hydrogen-bond donors (Lipinski definition) is 2. The Morgan fingerprint density at radius 2 is 1.85 bits per heavy atom. The molecule has 1 aliphatic carbocycles. The van der Waals surface area contributed by atoms with E-state index in [0.717, 1.165) is 0 Å². The molecule has 7 nitrogen and oxygen atoms in total. The molecule has 27 heavy (non-hydrogen) atoms. The lowest BCUT2D eigenvalue weighted by atomic mass is 9.85. The highest BCUT2D eigenvalue weighted by atomic mass is 16.5. The zero-order chi connectivity index (χ0) is 19.7. The van der Waals surface area contributed by atoms with Crippen molar-refractivity contribution in [2.45, 2.75) is 25.6 Å². The van der Waals surface area contributed by atoms with E-state index >= 15 is 0 Å². The van der Waals surface area contributed by atoms with Gasteiger partial charge in [0.25, 0.3) is 5.78 Å². The third kappa shape index (κ3) is 3.34. The van der Waals surface area contributed by atoms with Crippen molar-refractivity contribution in [3.05, 3.63) is 64.3 Å². The standard InChI is InChI=1S/C20H18O7/c1-10(26-2)8-14-15-12(9-13(21)17(23)18(15)24)20(27-14)19(25)16(22)11-6-4-3-5-7-11/h3-8,13,17,21,23H,9H2,1-2H3. The van der Waals surface area contributed by atoms with Gasteiger partial charge in [-0.25, -0.2) is 0 Å². The molecular formula is C20H18O7. The average Bonchev–Trinajstić information content (AvgIpc) is 3.03. The van der Waals surface area contributed by atoms with E-state index < -0.39 is 29.6 Å². The fourth-order valence-electron chi connectivity index (χ4n) is 2.95.